The van der Waals surface area contributed by atoms with Gasteiger partial charge >= 0.3 is 0 Å². The second kappa shape index (κ2) is 5.32. The third kappa shape index (κ3) is 2.55. The van der Waals surface area contributed by atoms with Gasteiger partial charge < -0.3 is 5.32 Å². The fraction of sp³-hybridized carbons (Fsp3) is 0.727. The largest absolute Gasteiger partial charge is 0.315 e. The summed E-state index contributed by atoms with van der Waals surface area (Å²) in [5, 5.41) is 5.27. The topological polar surface area (TPSA) is 24.9 Å². The van der Waals surface area contributed by atoms with Crippen LogP contribution in [0.25, 0.3) is 0 Å². The lowest BCUT2D eigenvalue weighted by atomic mass is 10.2. The van der Waals surface area contributed by atoms with Crippen molar-refractivity contribution in [2.45, 2.75) is 38.0 Å². The third-order valence-corrected chi connectivity index (χ3v) is 5.42. The molecular weight excluding hydrogens is 224 g/mol. The van der Waals surface area contributed by atoms with Crippen LogP contribution in [0.5, 0.6) is 0 Å². The van der Waals surface area contributed by atoms with Crippen LogP contribution in [-0.2, 0) is 13.0 Å². The highest BCUT2D eigenvalue weighted by molar-refractivity contribution is 7.99. The van der Waals surface area contributed by atoms with Crippen LogP contribution in [0.3, 0.4) is 0 Å². The molecule has 1 unspecified atom stereocenters. The molecule has 0 spiro atoms. The summed E-state index contributed by atoms with van der Waals surface area (Å²) in [6, 6.07) is 0. The SMILES string of the molecule is CCc1nc(C2CCCS2)sc1CNC. The first-order chi connectivity index (χ1) is 7.35. The molecule has 1 N–H and O–H groups in total. The summed E-state index contributed by atoms with van der Waals surface area (Å²) in [6.07, 6.45) is 3.74. The standard InChI is InChI=1S/C11H18N2S2/c1-3-8-10(7-12-2)15-11(13-8)9-5-4-6-14-9/h9,12H,3-7H2,1-2H3. The quantitative estimate of drug-likeness (QED) is 0.878. The normalized spacial score (nSPS) is 21.1. The maximum absolute atomic E-state index is 4.79. The van der Waals surface area contributed by atoms with E-state index in [1.165, 1.54) is 34.2 Å². The first-order valence-electron chi connectivity index (χ1n) is 5.59. The van der Waals surface area contributed by atoms with Crippen molar-refractivity contribution in [3.8, 4) is 0 Å². The lowest BCUT2D eigenvalue weighted by Gasteiger charge is -2.01. The van der Waals surface area contributed by atoms with Gasteiger partial charge in [0.15, 0.2) is 0 Å². The molecule has 2 rings (SSSR count). The summed E-state index contributed by atoms with van der Waals surface area (Å²) in [7, 11) is 2.00. The number of hydrogen-bond acceptors (Lipinski definition) is 4. The molecule has 0 bridgehead atoms. The molecule has 0 radical (unpaired) electrons. The van der Waals surface area contributed by atoms with E-state index in [1.807, 2.05) is 18.4 Å². The maximum Gasteiger partial charge on any atom is 0.106 e. The van der Waals surface area contributed by atoms with Gasteiger partial charge in [-0.1, -0.05) is 6.92 Å². The molecule has 1 aliphatic heterocycles. The highest BCUT2D eigenvalue weighted by atomic mass is 32.2. The Labute approximate surface area is 99.9 Å². The summed E-state index contributed by atoms with van der Waals surface area (Å²) < 4.78 is 0. The Balaban J connectivity index is 2.17. The van der Waals surface area contributed by atoms with Crippen molar-refractivity contribution in [1.29, 1.82) is 0 Å². The number of rotatable bonds is 4. The van der Waals surface area contributed by atoms with Crippen LogP contribution < -0.4 is 5.32 Å². The number of aromatic nitrogens is 1. The zero-order valence-electron chi connectivity index (χ0n) is 9.38. The second-order valence-corrected chi connectivity index (χ2v) is 6.23. The monoisotopic (exact) mass is 242 g/mol. The minimum atomic E-state index is 0.686. The van der Waals surface area contributed by atoms with E-state index in [1.54, 1.807) is 0 Å². The first-order valence-corrected chi connectivity index (χ1v) is 7.46. The minimum absolute atomic E-state index is 0.686. The molecule has 1 fully saturated rings. The van der Waals surface area contributed by atoms with E-state index in [4.69, 9.17) is 4.98 Å². The van der Waals surface area contributed by atoms with Crippen LogP contribution in [0.15, 0.2) is 0 Å². The summed E-state index contributed by atoms with van der Waals surface area (Å²) in [5.41, 5.74) is 1.30. The van der Waals surface area contributed by atoms with Crippen LogP contribution in [0.2, 0.25) is 0 Å². The minimum Gasteiger partial charge on any atom is -0.315 e. The van der Waals surface area contributed by atoms with Gasteiger partial charge in [-0.15, -0.1) is 11.3 Å². The fourth-order valence-corrected chi connectivity index (χ4v) is 4.57. The van der Waals surface area contributed by atoms with Gasteiger partial charge in [-0.2, -0.15) is 11.8 Å². The molecule has 15 heavy (non-hydrogen) atoms. The zero-order chi connectivity index (χ0) is 10.7. The van der Waals surface area contributed by atoms with Gasteiger partial charge in [0.1, 0.15) is 5.01 Å². The van der Waals surface area contributed by atoms with E-state index in [-0.39, 0.29) is 0 Å². The van der Waals surface area contributed by atoms with E-state index in [2.05, 4.69) is 24.0 Å². The molecule has 1 aromatic heterocycles. The Morgan fingerprint density at radius 3 is 3.00 bits per heavy atom. The molecule has 1 saturated heterocycles. The molecule has 0 saturated carbocycles. The molecule has 4 heteroatoms. The van der Waals surface area contributed by atoms with Crippen molar-refractivity contribution in [2.24, 2.45) is 0 Å². The average molecular weight is 242 g/mol. The Kier molecular flexibility index (Phi) is 4.05. The van der Waals surface area contributed by atoms with Crippen molar-refractivity contribution in [2.75, 3.05) is 12.8 Å². The second-order valence-electron chi connectivity index (χ2n) is 3.81. The summed E-state index contributed by atoms with van der Waals surface area (Å²) in [4.78, 5) is 6.22. The number of aryl methyl sites for hydroxylation is 1. The van der Waals surface area contributed by atoms with Gasteiger partial charge in [-0.3, -0.25) is 0 Å². The third-order valence-electron chi connectivity index (χ3n) is 2.67. The van der Waals surface area contributed by atoms with E-state index in [0.717, 1.165) is 13.0 Å². The predicted octanol–water partition coefficient (Wildman–Crippen LogP) is 2.99. The molecule has 0 amide bonds. The smallest absolute Gasteiger partial charge is 0.106 e. The molecule has 84 valence electrons. The molecule has 1 atom stereocenters. The van der Waals surface area contributed by atoms with Gasteiger partial charge in [-0.05, 0) is 32.1 Å². The van der Waals surface area contributed by atoms with Gasteiger partial charge in [0, 0.05) is 11.4 Å². The highest BCUT2D eigenvalue weighted by Crippen LogP contribution is 2.42. The molecule has 2 nitrogen and oxygen atoms in total. The number of hydrogen-bond donors (Lipinski definition) is 1. The first kappa shape index (κ1) is 11.4. The Morgan fingerprint density at radius 1 is 1.53 bits per heavy atom. The number of nitrogens with one attached hydrogen (secondary N) is 1. The zero-order valence-corrected chi connectivity index (χ0v) is 11.0. The van der Waals surface area contributed by atoms with Crippen LogP contribution in [0.4, 0.5) is 0 Å². The van der Waals surface area contributed by atoms with E-state index >= 15 is 0 Å². The summed E-state index contributed by atoms with van der Waals surface area (Å²) in [5.74, 6) is 1.31. The predicted molar refractivity (Wildman–Crippen MR) is 68.7 cm³/mol. The molecule has 2 heterocycles. The number of nitrogens with zero attached hydrogens (tertiary/aromatic N) is 1. The van der Waals surface area contributed by atoms with Crippen molar-refractivity contribution >= 4 is 23.1 Å². The van der Waals surface area contributed by atoms with Crippen LogP contribution in [0, 0.1) is 0 Å². The van der Waals surface area contributed by atoms with Gasteiger partial charge in [-0.25, -0.2) is 4.98 Å². The van der Waals surface area contributed by atoms with Crippen molar-refractivity contribution < 1.29 is 0 Å². The van der Waals surface area contributed by atoms with E-state index in [0.29, 0.717) is 5.25 Å². The van der Waals surface area contributed by atoms with E-state index < -0.39 is 0 Å². The Hall–Kier alpha value is -0.0600. The van der Waals surface area contributed by atoms with Crippen molar-refractivity contribution in [3.05, 3.63) is 15.6 Å². The fourth-order valence-electron chi connectivity index (χ4n) is 1.89. The van der Waals surface area contributed by atoms with E-state index in [9.17, 15) is 0 Å². The Morgan fingerprint density at radius 2 is 2.40 bits per heavy atom. The van der Waals surface area contributed by atoms with Crippen LogP contribution in [-0.4, -0.2) is 17.8 Å². The molecule has 1 aromatic rings. The molecule has 1 aliphatic rings. The van der Waals surface area contributed by atoms with Crippen LogP contribution in [0.1, 0.15) is 40.6 Å². The number of thioether (sulfide) groups is 1. The maximum atomic E-state index is 4.79. The van der Waals surface area contributed by atoms with Gasteiger partial charge in [0.25, 0.3) is 0 Å². The van der Waals surface area contributed by atoms with Gasteiger partial charge in [0.2, 0.25) is 0 Å². The molecular formula is C11H18N2S2. The number of thiazole rings is 1. The van der Waals surface area contributed by atoms with Crippen molar-refractivity contribution in [1.82, 2.24) is 10.3 Å². The summed E-state index contributed by atoms with van der Waals surface area (Å²) >= 11 is 3.99. The van der Waals surface area contributed by atoms with Crippen LogP contribution >= 0.6 is 23.1 Å². The summed E-state index contributed by atoms with van der Waals surface area (Å²) in [6.45, 7) is 3.16. The van der Waals surface area contributed by atoms with Gasteiger partial charge in [0.05, 0.1) is 10.9 Å². The highest BCUT2D eigenvalue weighted by Gasteiger charge is 2.22. The Bertz CT molecular complexity index is 316. The van der Waals surface area contributed by atoms with Crippen molar-refractivity contribution in [3.63, 3.8) is 0 Å². The average Bonchev–Trinajstić information content (AvgIpc) is 2.84. The lowest BCUT2D eigenvalue weighted by Crippen LogP contribution is -2.05. The molecule has 0 aliphatic carbocycles. The molecule has 0 aromatic carbocycles. The lowest BCUT2D eigenvalue weighted by molar-refractivity contribution is 0.803.